The molecule has 1 saturated heterocycles. The van der Waals surface area contributed by atoms with Crippen LogP contribution in [0.3, 0.4) is 0 Å². The molecule has 1 fully saturated rings. The molecule has 1 aliphatic rings. The van der Waals surface area contributed by atoms with E-state index in [1.807, 2.05) is 0 Å². The highest BCUT2D eigenvalue weighted by Gasteiger charge is 2.36. The van der Waals surface area contributed by atoms with Crippen LogP contribution in [0.2, 0.25) is 0 Å². The maximum atomic E-state index is 13.1. The van der Waals surface area contributed by atoms with E-state index >= 15 is 0 Å². The van der Waals surface area contributed by atoms with Crippen molar-refractivity contribution in [3.05, 3.63) is 36.3 Å². The minimum Gasteiger partial charge on any atom is -0.388 e. The monoisotopic (exact) mass is 324 g/mol. The quantitative estimate of drug-likeness (QED) is 0.920. The van der Waals surface area contributed by atoms with Gasteiger partial charge in [0.15, 0.2) is 11.5 Å². The van der Waals surface area contributed by atoms with Crippen LogP contribution in [-0.2, 0) is 6.18 Å². The number of halogens is 3. The predicted octanol–water partition coefficient (Wildman–Crippen LogP) is 2.52. The van der Waals surface area contributed by atoms with E-state index < -0.39 is 17.5 Å². The molecule has 0 amide bonds. The van der Waals surface area contributed by atoms with Crippen LogP contribution in [0.5, 0.6) is 0 Å². The molecule has 0 aromatic carbocycles. The zero-order chi connectivity index (χ0) is 16.7. The molecule has 2 aromatic rings. The molecule has 23 heavy (non-hydrogen) atoms. The third kappa shape index (κ3) is 3.42. The zero-order valence-electron chi connectivity index (χ0n) is 12.4. The van der Waals surface area contributed by atoms with E-state index in [1.165, 1.54) is 12.4 Å². The Morgan fingerprint density at radius 2 is 2.09 bits per heavy atom. The van der Waals surface area contributed by atoms with Crippen LogP contribution in [0.25, 0.3) is 11.4 Å². The van der Waals surface area contributed by atoms with Crippen LogP contribution in [0.4, 0.5) is 19.0 Å². The van der Waals surface area contributed by atoms with Gasteiger partial charge in [0, 0.05) is 37.1 Å². The summed E-state index contributed by atoms with van der Waals surface area (Å²) in [5.74, 6) is 0.124. The molecular formula is C15H15F3N4O. The largest absolute Gasteiger partial charge is 0.433 e. The number of hydrogen-bond acceptors (Lipinski definition) is 5. The first-order valence-corrected chi connectivity index (χ1v) is 7.09. The molecular weight excluding hydrogens is 309 g/mol. The number of pyridine rings is 1. The summed E-state index contributed by atoms with van der Waals surface area (Å²) in [6.07, 6.45) is -1.16. The molecule has 0 radical (unpaired) electrons. The maximum absolute atomic E-state index is 13.1. The summed E-state index contributed by atoms with van der Waals surface area (Å²) in [5, 5.41) is 10.0. The molecule has 5 nitrogen and oxygen atoms in total. The predicted molar refractivity (Wildman–Crippen MR) is 77.7 cm³/mol. The third-order valence-electron chi connectivity index (χ3n) is 3.70. The Hall–Kier alpha value is -2.22. The number of nitrogens with zero attached hydrogens (tertiary/aromatic N) is 4. The Labute approximate surface area is 130 Å². The van der Waals surface area contributed by atoms with Gasteiger partial charge in [0.25, 0.3) is 0 Å². The van der Waals surface area contributed by atoms with E-state index in [1.54, 1.807) is 24.0 Å². The van der Waals surface area contributed by atoms with E-state index in [-0.39, 0.29) is 18.2 Å². The summed E-state index contributed by atoms with van der Waals surface area (Å²) in [6.45, 7) is 2.32. The number of anilines is 1. The van der Waals surface area contributed by atoms with Crippen LogP contribution in [0.15, 0.2) is 30.6 Å². The van der Waals surface area contributed by atoms with Crippen LogP contribution < -0.4 is 4.90 Å². The van der Waals surface area contributed by atoms with Gasteiger partial charge >= 0.3 is 6.18 Å². The Morgan fingerprint density at radius 1 is 1.30 bits per heavy atom. The van der Waals surface area contributed by atoms with E-state index in [2.05, 4.69) is 15.0 Å². The van der Waals surface area contributed by atoms with Gasteiger partial charge in [0.2, 0.25) is 0 Å². The van der Waals surface area contributed by atoms with Crippen LogP contribution in [0, 0.1) is 0 Å². The number of aliphatic hydroxyl groups is 1. The van der Waals surface area contributed by atoms with E-state index in [9.17, 15) is 18.3 Å². The van der Waals surface area contributed by atoms with Crippen molar-refractivity contribution in [2.45, 2.75) is 25.1 Å². The van der Waals surface area contributed by atoms with E-state index in [4.69, 9.17) is 0 Å². The first-order chi connectivity index (χ1) is 10.7. The summed E-state index contributed by atoms with van der Waals surface area (Å²) in [7, 11) is 0. The van der Waals surface area contributed by atoms with Crippen molar-refractivity contribution in [2.75, 3.05) is 18.0 Å². The lowest BCUT2D eigenvalue weighted by molar-refractivity contribution is -0.141. The molecule has 1 unspecified atom stereocenters. The van der Waals surface area contributed by atoms with Crippen molar-refractivity contribution in [1.29, 1.82) is 0 Å². The number of hydrogen-bond donors (Lipinski definition) is 1. The van der Waals surface area contributed by atoms with Crippen molar-refractivity contribution in [2.24, 2.45) is 0 Å². The van der Waals surface area contributed by atoms with Gasteiger partial charge in [-0.3, -0.25) is 4.98 Å². The summed E-state index contributed by atoms with van der Waals surface area (Å²) in [4.78, 5) is 13.4. The van der Waals surface area contributed by atoms with Gasteiger partial charge in [-0.25, -0.2) is 9.97 Å². The molecule has 0 spiro atoms. The standard InChI is InChI=1S/C15H15F3N4O/c1-14(23)4-6-22(9-14)12-7-11(15(16,17)18)20-13(21-12)10-3-2-5-19-8-10/h2-3,5,7-8,23H,4,6,9H2,1H3. The number of rotatable bonds is 2. The highest BCUT2D eigenvalue weighted by molar-refractivity contribution is 5.57. The molecule has 0 saturated carbocycles. The Morgan fingerprint density at radius 3 is 2.65 bits per heavy atom. The first kappa shape index (κ1) is 15.7. The summed E-state index contributed by atoms with van der Waals surface area (Å²) >= 11 is 0. The van der Waals surface area contributed by atoms with Crippen LogP contribution in [0.1, 0.15) is 19.0 Å². The molecule has 0 aliphatic carbocycles. The van der Waals surface area contributed by atoms with Crippen molar-refractivity contribution >= 4 is 5.82 Å². The second-order valence-corrected chi connectivity index (χ2v) is 5.84. The number of alkyl halides is 3. The second kappa shape index (κ2) is 5.45. The molecule has 1 aliphatic heterocycles. The Balaban J connectivity index is 2.06. The zero-order valence-corrected chi connectivity index (χ0v) is 12.4. The Bertz CT molecular complexity index is 704. The fourth-order valence-corrected chi connectivity index (χ4v) is 2.51. The summed E-state index contributed by atoms with van der Waals surface area (Å²) in [6, 6.07) is 4.13. The maximum Gasteiger partial charge on any atom is 0.433 e. The molecule has 2 aromatic heterocycles. The fraction of sp³-hybridized carbons (Fsp3) is 0.400. The lowest BCUT2D eigenvalue weighted by atomic mass is 10.1. The van der Waals surface area contributed by atoms with Crippen molar-refractivity contribution in [3.63, 3.8) is 0 Å². The molecule has 0 bridgehead atoms. The number of β-amino-alcohol motifs (C(OH)–C–C–N with tert-alkyl or cyclic N) is 1. The van der Waals surface area contributed by atoms with E-state index in [0.29, 0.717) is 18.5 Å². The molecule has 1 atom stereocenters. The fourth-order valence-electron chi connectivity index (χ4n) is 2.51. The van der Waals surface area contributed by atoms with E-state index in [0.717, 1.165) is 6.07 Å². The van der Waals surface area contributed by atoms with Gasteiger partial charge in [0.05, 0.1) is 5.60 Å². The summed E-state index contributed by atoms with van der Waals surface area (Å²) in [5.41, 5.74) is -1.53. The third-order valence-corrected chi connectivity index (χ3v) is 3.70. The van der Waals surface area contributed by atoms with Gasteiger partial charge in [-0.05, 0) is 25.5 Å². The lowest BCUT2D eigenvalue weighted by Gasteiger charge is -2.21. The highest BCUT2D eigenvalue weighted by atomic mass is 19.4. The topological polar surface area (TPSA) is 62.1 Å². The first-order valence-electron chi connectivity index (χ1n) is 7.09. The minimum absolute atomic E-state index is 0.0329. The molecule has 122 valence electrons. The molecule has 8 heteroatoms. The van der Waals surface area contributed by atoms with Gasteiger partial charge < -0.3 is 10.0 Å². The summed E-state index contributed by atoms with van der Waals surface area (Å²) < 4.78 is 39.4. The van der Waals surface area contributed by atoms with Gasteiger partial charge in [0.1, 0.15) is 5.82 Å². The van der Waals surface area contributed by atoms with Crippen LogP contribution in [-0.4, -0.2) is 38.7 Å². The number of aromatic nitrogens is 3. The minimum atomic E-state index is -4.57. The van der Waals surface area contributed by atoms with Gasteiger partial charge in [-0.15, -0.1) is 0 Å². The average Bonchev–Trinajstić information content (AvgIpc) is 2.87. The smallest absolute Gasteiger partial charge is 0.388 e. The van der Waals surface area contributed by atoms with Crippen molar-refractivity contribution in [1.82, 2.24) is 15.0 Å². The van der Waals surface area contributed by atoms with Crippen molar-refractivity contribution < 1.29 is 18.3 Å². The SMILES string of the molecule is CC1(O)CCN(c2cc(C(F)(F)F)nc(-c3cccnc3)n2)C1. The van der Waals surface area contributed by atoms with Gasteiger partial charge in [-0.1, -0.05) is 0 Å². The molecule has 1 N–H and O–H groups in total. The van der Waals surface area contributed by atoms with Gasteiger partial charge in [-0.2, -0.15) is 13.2 Å². The highest BCUT2D eigenvalue weighted by Crippen LogP contribution is 2.33. The van der Waals surface area contributed by atoms with Crippen LogP contribution >= 0.6 is 0 Å². The molecule has 3 rings (SSSR count). The second-order valence-electron chi connectivity index (χ2n) is 5.84. The molecule has 3 heterocycles. The Kier molecular flexibility index (Phi) is 3.71. The lowest BCUT2D eigenvalue weighted by Crippen LogP contribution is -2.30. The normalized spacial score (nSPS) is 21.7. The average molecular weight is 324 g/mol. The van der Waals surface area contributed by atoms with Crippen molar-refractivity contribution in [3.8, 4) is 11.4 Å².